The zero-order valence-corrected chi connectivity index (χ0v) is 7.71. The average Bonchev–Trinajstić information content (AvgIpc) is 2.71. The molecular formula is C12H13N. The normalized spacial score (nSPS) is 24.4. The first kappa shape index (κ1) is 8.31. The smallest absolute Gasteiger partial charge is 0.0918 e. The van der Waals surface area contributed by atoms with Crippen molar-refractivity contribution < 1.29 is 0 Å². The molecule has 1 heteroatoms. The van der Waals surface area contributed by atoms with Gasteiger partial charge in [0.1, 0.15) is 0 Å². The third kappa shape index (κ3) is 1.58. The molecule has 13 heavy (non-hydrogen) atoms. The summed E-state index contributed by atoms with van der Waals surface area (Å²) < 4.78 is 0. The molecule has 0 bridgehead atoms. The highest BCUT2D eigenvalue weighted by Crippen LogP contribution is 2.35. The molecule has 2 aliphatic rings. The molecule has 66 valence electrons. The van der Waals surface area contributed by atoms with Crippen molar-refractivity contribution in [2.75, 3.05) is 0 Å². The zero-order valence-electron chi connectivity index (χ0n) is 7.71. The van der Waals surface area contributed by atoms with Crippen molar-refractivity contribution in [3.05, 3.63) is 34.9 Å². The van der Waals surface area contributed by atoms with Gasteiger partial charge in [0.15, 0.2) is 0 Å². The maximum atomic E-state index is 8.60. The highest BCUT2D eigenvalue weighted by atomic mass is 14.2. The fraction of sp³-hybridized carbons (Fsp3) is 0.417. The molecule has 2 aliphatic carbocycles. The van der Waals surface area contributed by atoms with E-state index in [1.165, 1.54) is 31.3 Å². The van der Waals surface area contributed by atoms with Crippen molar-refractivity contribution >= 4 is 0 Å². The Hall–Kier alpha value is -1.29. The topological polar surface area (TPSA) is 23.8 Å². The lowest BCUT2D eigenvalue weighted by Gasteiger charge is -2.04. The van der Waals surface area contributed by atoms with Crippen LogP contribution in [0.1, 0.15) is 32.1 Å². The maximum absolute atomic E-state index is 8.60. The summed E-state index contributed by atoms with van der Waals surface area (Å²) in [5.74, 6) is 0. The van der Waals surface area contributed by atoms with Crippen molar-refractivity contribution in [3.63, 3.8) is 0 Å². The molecule has 0 aliphatic heterocycles. The quantitative estimate of drug-likeness (QED) is 0.513. The van der Waals surface area contributed by atoms with Crippen molar-refractivity contribution in [2.45, 2.75) is 32.1 Å². The van der Waals surface area contributed by atoms with Crippen molar-refractivity contribution in [3.8, 4) is 6.07 Å². The summed E-state index contributed by atoms with van der Waals surface area (Å²) in [7, 11) is 0. The third-order valence-electron chi connectivity index (χ3n) is 2.82. The first-order valence-corrected chi connectivity index (χ1v) is 4.89. The van der Waals surface area contributed by atoms with Gasteiger partial charge in [0.25, 0.3) is 0 Å². The molecule has 0 aromatic carbocycles. The molecule has 0 atom stereocenters. The number of rotatable bonds is 0. The van der Waals surface area contributed by atoms with Gasteiger partial charge in [0.05, 0.1) is 6.07 Å². The molecule has 0 amide bonds. The first-order chi connectivity index (χ1) is 6.42. The Kier molecular flexibility index (Phi) is 2.31. The van der Waals surface area contributed by atoms with Crippen molar-refractivity contribution in [1.29, 1.82) is 5.26 Å². The molecule has 0 saturated heterocycles. The van der Waals surface area contributed by atoms with Crippen LogP contribution in [0.2, 0.25) is 0 Å². The van der Waals surface area contributed by atoms with Crippen LogP contribution >= 0.6 is 0 Å². The van der Waals surface area contributed by atoms with E-state index < -0.39 is 0 Å². The number of hydrogen-bond acceptors (Lipinski definition) is 1. The van der Waals surface area contributed by atoms with Gasteiger partial charge < -0.3 is 0 Å². The van der Waals surface area contributed by atoms with E-state index in [9.17, 15) is 0 Å². The van der Waals surface area contributed by atoms with Crippen LogP contribution in [0.5, 0.6) is 0 Å². The molecule has 0 N–H and O–H groups in total. The van der Waals surface area contributed by atoms with Gasteiger partial charge in [-0.05, 0) is 43.3 Å². The standard InChI is InChI=1S/C12H13N/c13-9-8-11-6-3-7-12(11)10-4-1-2-5-10/h3,6,8H,1-2,4-5,7H2. The average molecular weight is 171 g/mol. The molecule has 1 saturated carbocycles. The molecule has 0 unspecified atom stereocenters. The molecule has 0 aromatic rings. The second-order valence-corrected chi connectivity index (χ2v) is 3.62. The van der Waals surface area contributed by atoms with E-state index in [1.54, 1.807) is 11.6 Å². The second kappa shape index (κ2) is 3.62. The summed E-state index contributed by atoms with van der Waals surface area (Å²) in [4.78, 5) is 0. The summed E-state index contributed by atoms with van der Waals surface area (Å²) in [5, 5.41) is 8.60. The van der Waals surface area contributed by atoms with Crippen molar-refractivity contribution in [2.24, 2.45) is 0 Å². The number of allylic oxidation sites excluding steroid dienone is 6. The van der Waals surface area contributed by atoms with Crippen LogP contribution in [-0.2, 0) is 0 Å². The van der Waals surface area contributed by atoms with Gasteiger partial charge >= 0.3 is 0 Å². The van der Waals surface area contributed by atoms with E-state index in [2.05, 4.69) is 18.2 Å². The van der Waals surface area contributed by atoms with Crippen LogP contribution in [-0.4, -0.2) is 0 Å². The Balaban J connectivity index is 2.30. The van der Waals surface area contributed by atoms with Crippen LogP contribution < -0.4 is 0 Å². The van der Waals surface area contributed by atoms with E-state index >= 15 is 0 Å². The summed E-state index contributed by atoms with van der Waals surface area (Å²) in [6.45, 7) is 0. The highest BCUT2D eigenvalue weighted by Gasteiger charge is 2.16. The molecule has 0 radical (unpaired) electrons. The lowest BCUT2D eigenvalue weighted by molar-refractivity contribution is 0.886. The van der Waals surface area contributed by atoms with Gasteiger partial charge in [-0.2, -0.15) is 5.26 Å². The molecule has 0 heterocycles. The molecule has 0 aromatic heterocycles. The monoisotopic (exact) mass is 171 g/mol. The van der Waals surface area contributed by atoms with E-state index in [1.807, 2.05) is 0 Å². The van der Waals surface area contributed by atoms with Crippen LogP contribution in [0, 0.1) is 11.3 Å². The predicted molar refractivity (Wildman–Crippen MR) is 52.9 cm³/mol. The summed E-state index contributed by atoms with van der Waals surface area (Å²) in [6, 6.07) is 2.12. The van der Waals surface area contributed by atoms with E-state index in [-0.39, 0.29) is 0 Å². The minimum absolute atomic E-state index is 1.04. The summed E-state index contributed by atoms with van der Waals surface area (Å²) >= 11 is 0. The Bertz CT molecular complexity index is 329. The minimum Gasteiger partial charge on any atom is -0.193 e. The summed E-state index contributed by atoms with van der Waals surface area (Å²) in [5.41, 5.74) is 4.17. The fourth-order valence-electron chi connectivity index (χ4n) is 2.18. The van der Waals surface area contributed by atoms with E-state index in [0.717, 1.165) is 12.0 Å². The molecule has 0 spiro atoms. The fourth-order valence-corrected chi connectivity index (χ4v) is 2.18. The lowest BCUT2D eigenvalue weighted by atomic mass is 10.0. The lowest BCUT2D eigenvalue weighted by Crippen LogP contribution is -1.85. The maximum Gasteiger partial charge on any atom is 0.0918 e. The van der Waals surface area contributed by atoms with E-state index in [4.69, 9.17) is 5.26 Å². The van der Waals surface area contributed by atoms with Gasteiger partial charge in [0, 0.05) is 6.08 Å². The van der Waals surface area contributed by atoms with Gasteiger partial charge in [-0.1, -0.05) is 17.7 Å². The number of nitrogens with zero attached hydrogens (tertiary/aromatic N) is 1. The number of nitriles is 1. The number of hydrogen-bond donors (Lipinski definition) is 0. The van der Waals surface area contributed by atoms with Gasteiger partial charge in [-0.25, -0.2) is 0 Å². The summed E-state index contributed by atoms with van der Waals surface area (Å²) in [6.07, 6.45) is 12.1. The molecule has 1 nitrogen and oxygen atoms in total. The Morgan fingerprint density at radius 2 is 2.08 bits per heavy atom. The Morgan fingerprint density at radius 1 is 1.31 bits per heavy atom. The predicted octanol–water partition coefficient (Wildman–Crippen LogP) is 3.27. The second-order valence-electron chi connectivity index (χ2n) is 3.62. The van der Waals surface area contributed by atoms with Gasteiger partial charge in [-0.15, -0.1) is 0 Å². The third-order valence-corrected chi connectivity index (χ3v) is 2.82. The minimum atomic E-state index is 1.04. The van der Waals surface area contributed by atoms with Crippen LogP contribution in [0.25, 0.3) is 0 Å². The van der Waals surface area contributed by atoms with Crippen LogP contribution in [0.4, 0.5) is 0 Å². The molecule has 1 fully saturated rings. The largest absolute Gasteiger partial charge is 0.193 e. The molecule has 2 rings (SSSR count). The van der Waals surface area contributed by atoms with Gasteiger partial charge in [-0.3, -0.25) is 0 Å². The van der Waals surface area contributed by atoms with Crippen LogP contribution in [0.3, 0.4) is 0 Å². The van der Waals surface area contributed by atoms with E-state index in [0.29, 0.717) is 0 Å². The van der Waals surface area contributed by atoms with Crippen LogP contribution in [0.15, 0.2) is 34.9 Å². The van der Waals surface area contributed by atoms with Crippen molar-refractivity contribution in [1.82, 2.24) is 0 Å². The highest BCUT2D eigenvalue weighted by molar-refractivity contribution is 5.51. The van der Waals surface area contributed by atoms with Gasteiger partial charge in [0.2, 0.25) is 0 Å². The molecular weight excluding hydrogens is 158 g/mol. The Morgan fingerprint density at radius 3 is 2.77 bits per heavy atom. The zero-order chi connectivity index (χ0) is 9.10. The SMILES string of the molecule is N#CC=C1C=CCC1=C1CCCC1. The first-order valence-electron chi connectivity index (χ1n) is 4.89. The Labute approximate surface area is 79.1 Å².